The molecule has 3 nitrogen and oxygen atoms in total. The van der Waals surface area contributed by atoms with Crippen LogP contribution in [0, 0.1) is 5.92 Å². The van der Waals surface area contributed by atoms with Gasteiger partial charge in [-0.25, -0.2) is 0 Å². The maximum absolute atomic E-state index is 10.7. The number of benzene rings is 3. The van der Waals surface area contributed by atoms with Crippen LogP contribution in [0.5, 0.6) is 11.5 Å². The Bertz CT molecular complexity index is 1010. The highest BCUT2D eigenvalue weighted by molar-refractivity contribution is 5.89. The summed E-state index contributed by atoms with van der Waals surface area (Å²) in [4.78, 5) is 0. The van der Waals surface area contributed by atoms with Crippen LogP contribution in [0.4, 0.5) is 5.69 Å². The maximum Gasteiger partial charge on any atom is 0.121 e. The van der Waals surface area contributed by atoms with Gasteiger partial charge in [0, 0.05) is 17.2 Å². The fourth-order valence-corrected chi connectivity index (χ4v) is 4.48. The Morgan fingerprint density at radius 3 is 2.76 bits per heavy atom. The maximum atomic E-state index is 10.7. The molecule has 0 fully saturated rings. The van der Waals surface area contributed by atoms with Gasteiger partial charge < -0.3 is 15.5 Å². The molecule has 1 aliphatic carbocycles. The number of nitrogens with one attached hydrogen (secondary N) is 1. The first-order valence-corrected chi connectivity index (χ1v) is 8.69. The monoisotopic (exact) mass is 329 g/mol. The van der Waals surface area contributed by atoms with Crippen LogP contribution in [0.2, 0.25) is 0 Å². The van der Waals surface area contributed by atoms with E-state index in [1.807, 2.05) is 30.3 Å². The third kappa shape index (κ3) is 2.12. The number of phenols is 2. The fourth-order valence-electron chi connectivity index (χ4n) is 4.48. The van der Waals surface area contributed by atoms with Crippen molar-refractivity contribution in [1.82, 2.24) is 0 Å². The second-order valence-electron chi connectivity index (χ2n) is 6.97. The van der Waals surface area contributed by atoms with E-state index < -0.39 is 0 Å². The molecule has 0 amide bonds. The molecule has 3 atom stereocenters. The molecule has 0 bridgehead atoms. The molecule has 25 heavy (non-hydrogen) atoms. The topological polar surface area (TPSA) is 52.5 Å². The summed E-state index contributed by atoms with van der Waals surface area (Å²) in [6.45, 7) is 0. The van der Waals surface area contributed by atoms with Gasteiger partial charge in [-0.2, -0.15) is 0 Å². The van der Waals surface area contributed by atoms with E-state index in [4.69, 9.17) is 0 Å². The molecule has 3 heteroatoms. The van der Waals surface area contributed by atoms with Crippen molar-refractivity contribution >= 4 is 16.5 Å². The summed E-state index contributed by atoms with van der Waals surface area (Å²) in [6.07, 6.45) is 5.41. The van der Waals surface area contributed by atoms with Gasteiger partial charge in [-0.1, -0.05) is 42.5 Å². The molecule has 2 aliphatic rings. The molecule has 124 valence electrons. The third-order valence-electron chi connectivity index (χ3n) is 5.61. The molecular formula is C22H19NO2. The molecule has 1 heterocycles. The van der Waals surface area contributed by atoms with Gasteiger partial charge in [0.15, 0.2) is 0 Å². The van der Waals surface area contributed by atoms with E-state index >= 15 is 0 Å². The molecule has 0 saturated carbocycles. The van der Waals surface area contributed by atoms with Crippen molar-refractivity contribution in [2.24, 2.45) is 5.92 Å². The lowest BCUT2D eigenvalue weighted by Gasteiger charge is -2.38. The largest absolute Gasteiger partial charge is 0.508 e. The number of fused-ring (bicyclic) bond motifs is 4. The summed E-state index contributed by atoms with van der Waals surface area (Å²) in [7, 11) is 0. The van der Waals surface area contributed by atoms with Crippen molar-refractivity contribution < 1.29 is 10.2 Å². The highest BCUT2D eigenvalue weighted by atomic mass is 16.3. The van der Waals surface area contributed by atoms with E-state index in [1.54, 1.807) is 12.1 Å². The lowest BCUT2D eigenvalue weighted by Crippen LogP contribution is -2.29. The smallest absolute Gasteiger partial charge is 0.121 e. The van der Waals surface area contributed by atoms with Gasteiger partial charge in [0.05, 0.1) is 6.04 Å². The van der Waals surface area contributed by atoms with Crippen molar-refractivity contribution in [3.63, 3.8) is 0 Å². The zero-order valence-electron chi connectivity index (χ0n) is 13.7. The number of phenolic OH excluding ortho intramolecular Hbond substituents is 2. The van der Waals surface area contributed by atoms with Crippen LogP contribution in [0.1, 0.15) is 29.5 Å². The van der Waals surface area contributed by atoms with Crippen molar-refractivity contribution in [3.05, 3.63) is 77.9 Å². The Morgan fingerprint density at radius 2 is 1.84 bits per heavy atom. The number of hydrogen-bond donors (Lipinski definition) is 3. The Kier molecular flexibility index (Phi) is 3.04. The third-order valence-corrected chi connectivity index (χ3v) is 5.61. The van der Waals surface area contributed by atoms with Gasteiger partial charge in [0.2, 0.25) is 0 Å². The molecule has 0 radical (unpaired) electrons. The second-order valence-corrected chi connectivity index (χ2v) is 6.97. The minimum Gasteiger partial charge on any atom is -0.508 e. The van der Waals surface area contributed by atoms with Gasteiger partial charge in [-0.3, -0.25) is 0 Å². The highest BCUT2D eigenvalue weighted by Gasteiger charge is 2.39. The minimum atomic E-state index is 0.0307. The minimum absolute atomic E-state index is 0.0307. The molecule has 3 aromatic rings. The van der Waals surface area contributed by atoms with Crippen LogP contribution in [0.3, 0.4) is 0 Å². The van der Waals surface area contributed by atoms with Crippen LogP contribution >= 0.6 is 0 Å². The Hall–Kier alpha value is -2.94. The molecule has 0 spiro atoms. The number of allylic oxidation sites excluding steroid dienone is 2. The number of hydrogen-bond acceptors (Lipinski definition) is 3. The molecule has 3 N–H and O–H groups in total. The van der Waals surface area contributed by atoms with Crippen molar-refractivity contribution in [3.8, 4) is 11.5 Å². The lowest BCUT2D eigenvalue weighted by molar-refractivity contribution is 0.402. The highest BCUT2D eigenvalue weighted by Crippen LogP contribution is 2.52. The van der Waals surface area contributed by atoms with Gasteiger partial charge in [-0.05, 0) is 52.9 Å². The molecule has 0 aromatic heterocycles. The van der Waals surface area contributed by atoms with Crippen molar-refractivity contribution in [2.75, 3.05) is 5.32 Å². The van der Waals surface area contributed by atoms with Gasteiger partial charge in [0.1, 0.15) is 11.5 Å². The number of anilines is 1. The second kappa shape index (κ2) is 5.28. The van der Waals surface area contributed by atoms with Crippen LogP contribution in [-0.2, 0) is 0 Å². The van der Waals surface area contributed by atoms with E-state index in [0.717, 1.165) is 34.0 Å². The average Bonchev–Trinajstić information content (AvgIpc) is 3.12. The summed E-state index contributed by atoms with van der Waals surface area (Å²) in [6, 6.07) is 17.5. The Morgan fingerprint density at radius 1 is 0.960 bits per heavy atom. The Balaban J connectivity index is 1.71. The summed E-state index contributed by atoms with van der Waals surface area (Å²) >= 11 is 0. The SMILES string of the molecule is Oc1ccc2c(c1)C1C=CCC1C(c1c(O)ccc3ccccc13)N2. The first-order chi connectivity index (χ1) is 12.2. The van der Waals surface area contributed by atoms with Gasteiger partial charge in [0.25, 0.3) is 0 Å². The molecule has 0 saturated heterocycles. The lowest BCUT2D eigenvalue weighted by atomic mass is 9.76. The molecule has 5 rings (SSSR count). The zero-order valence-corrected chi connectivity index (χ0v) is 13.7. The Labute approximate surface area is 146 Å². The zero-order chi connectivity index (χ0) is 17.0. The average molecular weight is 329 g/mol. The quantitative estimate of drug-likeness (QED) is 0.431. The van der Waals surface area contributed by atoms with Crippen molar-refractivity contribution in [1.29, 1.82) is 0 Å². The van der Waals surface area contributed by atoms with Gasteiger partial charge in [-0.15, -0.1) is 0 Å². The summed E-state index contributed by atoms with van der Waals surface area (Å²) < 4.78 is 0. The van der Waals surface area contributed by atoms with Crippen LogP contribution in [-0.4, -0.2) is 10.2 Å². The predicted molar refractivity (Wildman–Crippen MR) is 100 cm³/mol. The fraction of sp³-hybridized carbons (Fsp3) is 0.182. The van der Waals surface area contributed by atoms with E-state index in [1.165, 1.54) is 0 Å². The number of aromatic hydroxyl groups is 2. The standard InChI is InChI=1S/C22H19NO2/c24-14-9-10-19-18(12-14)16-6-3-7-17(16)22(23-19)21-15-5-2-1-4-13(15)8-11-20(21)25/h1-6,8-12,16-17,22-25H,7H2. The summed E-state index contributed by atoms with van der Waals surface area (Å²) in [5.74, 6) is 1.22. The molecule has 3 unspecified atom stereocenters. The predicted octanol–water partition coefficient (Wildman–Crippen LogP) is 5.08. The van der Waals surface area contributed by atoms with Crippen LogP contribution < -0.4 is 5.32 Å². The first kappa shape index (κ1) is 14.4. The van der Waals surface area contributed by atoms with E-state index in [2.05, 4.69) is 29.6 Å². The van der Waals surface area contributed by atoms with Gasteiger partial charge >= 0.3 is 0 Å². The van der Waals surface area contributed by atoms with E-state index in [-0.39, 0.29) is 12.0 Å². The molecule has 3 aromatic carbocycles. The molecule has 1 aliphatic heterocycles. The van der Waals surface area contributed by atoms with E-state index in [9.17, 15) is 10.2 Å². The normalized spacial score (nSPS) is 23.9. The van der Waals surface area contributed by atoms with E-state index in [0.29, 0.717) is 17.4 Å². The summed E-state index contributed by atoms with van der Waals surface area (Å²) in [5, 5.41) is 26.4. The number of rotatable bonds is 1. The van der Waals surface area contributed by atoms with Crippen LogP contribution in [0.25, 0.3) is 10.8 Å². The first-order valence-electron chi connectivity index (χ1n) is 8.69. The molecular weight excluding hydrogens is 310 g/mol. The van der Waals surface area contributed by atoms with Crippen LogP contribution in [0.15, 0.2) is 66.7 Å². The summed E-state index contributed by atoms with van der Waals surface area (Å²) in [5.41, 5.74) is 3.13. The van der Waals surface area contributed by atoms with Crippen molar-refractivity contribution in [2.45, 2.75) is 18.4 Å².